The molecule has 0 aliphatic heterocycles. The highest BCUT2D eigenvalue weighted by atomic mass is 79.9. The summed E-state index contributed by atoms with van der Waals surface area (Å²) in [4.78, 5) is 15.6. The van der Waals surface area contributed by atoms with Crippen LogP contribution in [0.15, 0.2) is 41.1 Å². The van der Waals surface area contributed by atoms with E-state index in [1.807, 2.05) is 0 Å². The first kappa shape index (κ1) is 14.3. The topological polar surface area (TPSA) is 74.4 Å². The van der Waals surface area contributed by atoms with Crippen molar-refractivity contribution in [2.45, 2.75) is 6.92 Å². The maximum atomic E-state index is 11.6. The molecule has 0 atom stereocenters. The fourth-order valence-corrected chi connectivity index (χ4v) is 1.90. The molecule has 0 radical (unpaired) electrons. The summed E-state index contributed by atoms with van der Waals surface area (Å²) in [6.07, 6.45) is 3.23. The van der Waals surface area contributed by atoms with Crippen LogP contribution < -0.4 is 10.5 Å². The molecule has 0 saturated carbocycles. The number of hydrogen-bond acceptors (Lipinski definition) is 5. The molecule has 2 aromatic rings. The van der Waals surface area contributed by atoms with Crippen molar-refractivity contribution in [3.05, 3.63) is 46.7 Å². The highest BCUT2D eigenvalue weighted by Crippen LogP contribution is 2.29. The Balaban J connectivity index is 2.20. The second kappa shape index (κ2) is 6.38. The number of esters is 1. The molecule has 2 N–H and O–H groups in total. The van der Waals surface area contributed by atoms with E-state index in [1.165, 1.54) is 6.07 Å². The number of carbonyl (C=O) groups is 1. The number of ether oxygens (including phenoxy) is 2. The molecule has 2 rings (SSSR count). The largest absolute Gasteiger partial charge is 0.462 e. The Morgan fingerprint density at radius 1 is 1.35 bits per heavy atom. The van der Waals surface area contributed by atoms with Gasteiger partial charge in [-0.3, -0.25) is 4.98 Å². The van der Waals surface area contributed by atoms with E-state index in [0.29, 0.717) is 29.4 Å². The quantitative estimate of drug-likeness (QED) is 0.684. The number of nitrogen functional groups attached to an aromatic ring is 1. The molecule has 0 unspecified atom stereocenters. The number of pyridine rings is 1. The number of rotatable bonds is 4. The number of halogens is 1. The molecule has 0 spiro atoms. The zero-order chi connectivity index (χ0) is 14.5. The molecule has 6 heteroatoms. The summed E-state index contributed by atoms with van der Waals surface area (Å²) in [6.45, 7) is 2.07. The zero-order valence-electron chi connectivity index (χ0n) is 10.8. The van der Waals surface area contributed by atoms with Crippen molar-refractivity contribution in [3.63, 3.8) is 0 Å². The van der Waals surface area contributed by atoms with Gasteiger partial charge in [0, 0.05) is 10.7 Å². The van der Waals surface area contributed by atoms with Crippen LogP contribution in [-0.2, 0) is 4.74 Å². The molecular formula is C14H13BrN2O3. The van der Waals surface area contributed by atoms with Crippen LogP contribution in [-0.4, -0.2) is 17.6 Å². The monoisotopic (exact) mass is 336 g/mol. The molecule has 1 aromatic carbocycles. The normalized spacial score (nSPS) is 10.1. The van der Waals surface area contributed by atoms with Crippen molar-refractivity contribution in [2.75, 3.05) is 12.3 Å². The highest BCUT2D eigenvalue weighted by Gasteiger charge is 2.10. The van der Waals surface area contributed by atoms with Crippen LogP contribution in [0.3, 0.4) is 0 Å². The van der Waals surface area contributed by atoms with E-state index >= 15 is 0 Å². The Labute approximate surface area is 124 Å². The predicted octanol–water partition coefficient (Wildman–Crippen LogP) is 3.40. The molecule has 104 valence electrons. The minimum atomic E-state index is -0.408. The number of anilines is 1. The Morgan fingerprint density at radius 3 is 2.80 bits per heavy atom. The predicted molar refractivity (Wildman–Crippen MR) is 78.8 cm³/mol. The minimum absolute atomic E-state index is 0.320. The maximum Gasteiger partial charge on any atom is 0.338 e. The molecule has 0 bridgehead atoms. The number of carbonyl (C=O) groups excluding carboxylic acids is 1. The van der Waals surface area contributed by atoms with Gasteiger partial charge in [0.15, 0.2) is 0 Å². The summed E-state index contributed by atoms with van der Waals surface area (Å²) in [5.41, 5.74) is 6.63. The molecule has 0 aliphatic rings. The van der Waals surface area contributed by atoms with Gasteiger partial charge < -0.3 is 15.2 Å². The average Bonchev–Trinajstić information content (AvgIpc) is 2.41. The first-order valence-corrected chi connectivity index (χ1v) is 6.74. The van der Waals surface area contributed by atoms with E-state index in [1.54, 1.807) is 37.5 Å². The van der Waals surface area contributed by atoms with Gasteiger partial charge in [0.1, 0.15) is 11.5 Å². The van der Waals surface area contributed by atoms with Crippen molar-refractivity contribution >= 4 is 27.6 Å². The Hall–Kier alpha value is -2.08. The summed E-state index contributed by atoms with van der Waals surface area (Å²) in [7, 11) is 0. The summed E-state index contributed by atoms with van der Waals surface area (Å²) in [5.74, 6) is 0.600. The summed E-state index contributed by atoms with van der Waals surface area (Å²) >= 11 is 3.31. The molecule has 5 nitrogen and oxygen atoms in total. The average molecular weight is 337 g/mol. The molecule has 1 aromatic heterocycles. The zero-order valence-corrected chi connectivity index (χ0v) is 12.4. The smallest absolute Gasteiger partial charge is 0.338 e. The van der Waals surface area contributed by atoms with Gasteiger partial charge in [0.25, 0.3) is 0 Å². The van der Waals surface area contributed by atoms with Crippen LogP contribution >= 0.6 is 15.9 Å². The lowest BCUT2D eigenvalue weighted by molar-refractivity contribution is 0.0526. The summed E-state index contributed by atoms with van der Waals surface area (Å²) < 4.78 is 11.3. The van der Waals surface area contributed by atoms with Crippen LogP contribution in [0.1, 0.15) is 17.3 Å². The molecule has 0 aliphatic carbocycles. The third-order valence-electron chi connectivity index (χ3n) is 2.43. The molecule has 0 fully saturated rings. The third kappa shape index (κ3) is 3.48. The van der Waals surface area contributed by atoms with Gasteiger partial charge in [-0.2, -0.15) is 0 Å². The number of benzene rings is 1. The second-order valence-electron chi connectivity index (χ2n) is 3.91. The van der Waals surface area contributed by atoms with Gasteiger partial charge in [-0.1, -0.05) is 0 Å². The van der Waals surface area contributed by atoms with Gasteiger partial charge >= 0.3 is 5.97 Å². The van der Waals surface area contributed by atoms with Crippen LogP contribution in [0, 0.1) is 0 Å². The van der Waals surface area contributed by atoms with E-state index in [9.17, 15) is 4.79 Å². The Morgan fingerprint density at radius 2 is 2.15 bits per heavy atom. The minimum Gasteiger partial charge on any atom is -0.462 e. The van der Waals surface area contributed by atoms with E-state index in [0.717, 1.165) is 4.47 Å². The lowest BCUT2D eigenvalue weighted by atomic mass is 10.2. The van der Waals surface area contributed by atoms with Crippen LogP contribution in [0.4, 0.5) is 5.69 Å². The van der Waals surface area contributed by atoms with Crippen molar-refractivity contribution < 1.29 is 14.3 Å². The fraction of sp³-hybridized carbons (Fsp3) is 0.143. The number of nitrogens with zero attached hydrogens (tertiary/aromatic N) is 1. The van der Waals surface area contributed by atoms with Crippen LogP contribution in [0.5, 0.6) is 11.5 Å². The van der Waals surface area contributed by atoms with Gasteiger partial charge in [-0.25, -0.2) is 4.79 Å². The molecule has 1 heterocycles. The lowest BCUT2D eigenvalue weighted by Crippen LogP contribution is -2.05. The Kier molecular flexibility index (Phi) is 4.57. The highest BCUT2D eigenvalue weighted by molar-refractivity contribution is 9.10. The van der Waals surface area contributed by atoms with Crippen LogP contribution in [0.25, 0.3) is 0 Å². The van der Waals surface area contributed by atoms with E-state index in [-0.39, 0.29) is 0 Å². The fourth-order valence-electron chi connectivity index (χ4n) is 1.56. The Bertz CT molecular complexity index is 632. The number of nitrogens with two attached hydrogens (primary N) is 1. The standard InChI is InChI=1S/C14H13BrN2O3/c1-2-19-14(18)9-3-4-13(12(16)5-9)20-11-6-10(15)7-17-8-11/h3-8H,2,16H2,1H3. The van der Waals surface area contributed by atoms with Crippen molar-refractivity contribution in [2.24, 2.45) is 0 Å². The van der Waals surface area contributed by atoms with E-state index in [2.05, 4.69) is 20.9 Å². The molecule has 0 saturated heterocycles. The van der Waals surface area contributed by atoms with Crippen molar-refractivity contribution in [3.8, 4) is 11.5 Å². The molecule has 0 amide bonds. The van der Waals surface area contributed by atoms with Crippen LogP contribution in [0.2, 0.25) is 0 Å². The number of hydrogen-bond donors (Lipinski definition) is 1. The molecule has 20 heavy (non-hydrogen) atoms. The van der Waals surface area contributed by atoms with Gasteiger partial charge in [-0.15, -0.1) is 0 Å². The molecular weight excluding hydrogens is 324 g/mol. The van der Waals surface area contributed by atoms with Crippen molar-refractivity contribution in [1.82, 2.24) is 4.98 Å². The van der Waals surface area contributed by atoms with Gasteiger partial charge in [0.2, 0.25) is 0 Å². The first-order chi connectivity index (χ1) is 9.60. The second-order valence-corrected chi connectivity index (χ2v) is 4.83. The third-order valence-corrected chi connectivity index (χ3v) is 2.86. The lowest BCUT2D eigenvalue weighted by Gasteiger charge is -2.09. The summed E-state index contributed by atoms with van der Waals surface area (Å²) in [5, 5.41) is 0. The first-order valence-electron chi connectivity index (χ1n) is 5.95. The SMILES string of the molecule is CCOC(=O)c1ccc(Oc2cncc(Br)c2)c(N)c1. The van der Waals surface area contributed by atoms with E-state index < -0.39 is 5.97 Å². The summed E-state index contributed by atoms with van der Waals surface area (Å²) in [6, 6.07) is 6.53. The van der Waals surface area contributed by atoms with Gasteiger partial charge in [-0.05, 0) is 47.1 Å². The van der Waals surface area contributed by atoms with Crippen molar-refractivity contribution in [1.29, 1.82) is 0 Å². The maximum absolute atomic E-state index is 11.6. The number of aromatic nitrogens is 1. The van der Waals surface area contributed by atoms with Gasteiger partial charge in [0.05, 0.1) is 24.1 Å². The van der Waals surface area contributed by atoms with E-state index in [4.69, 9.17) is 15.2 Å².